The molecule has 1 aromatic carbocycles. The molecule has 130 valence electrons. The molecule has 2 heterocycles. The van der Waals surface area contributed by atoms with E-state index in [1.54, 1.807) is 30.9 Å². The number of carbonyl (C=O) groups is 2. The van der Waals surface area contributed by atoms with Crippen LogP contribution in [-0.4, -0.2) is 67.9 Å². The number of urea groups is 1. The molecule has 0 aromatic heterocycles. The summed E-state index contributed by atoms with van der Waals surface area (Å²) in [5.41, 5.74) is 0.944. The quantitative estimate of drug-likeness (QED) is 0.837. The Labute approximate surface area is 145 Å². The van der Waals surface area contributed by atoms with Gasteiger partial charge in [-0.15, -0.1) is 11.8 Å². The second-order valence-electron chi connectivity index (χ2n) is 5.58. The predicted octanol–water partition coefficient (Wildman–Crippen LogP) is 1.30. The third-order valence-electron chi connectivity index (χ3n) is 4.23. The van der Waals surface area contributed by atoms with Crippen LogP contribution in [-0.2, 0) is 4.79 Å². The first-order valence-corrected chi connectivity index (χ1v) is 8.84. The average Bonchev–Trinajstić information content (AvgIpc) is 3.17. The normalized spacial score (nSPS) is 20.5. The van der Waals surface area contributed by atoms with Gasteiger partial charge in [-0.25, -0.2) is 4.79 Å². The standard InChI is InChI=1S/C16H21N3O4S/c1-22-11-3-4-12(13(9-11)23-2)15-19(14(20)10-24-15)8-7-18-6-5-17-16(18)21/h3-4,9,15H,5-8,10H2,1-2H3,(H,17,21). The highest BCUT2D eigenvalue weighted by Gasteiger charge is 2.35. The van der Waals surface area contributed by atoms with E-state index in [1.165, 1.54) is 0 Å². The molecule has 0 spiro atoms. The monoisotopic (exact) mass is 351 g/mol. The molecule has 1 aromatic rings. The molecule has 0 aliphatic carbocycles. The maximum absolute atomic E-state index is 12.3. The minimum absolute atomic E-state index is 0.0622. The third-order valence-corrected chi connectivity index (χ3v) is 5.47. The minimum atomic E-state index is -0.107. The molecule has 0 saturated carbocycles. The lowest BCUT2D eigenvalue weighted by atomic mass is 10.1. The second-order valence-corrected chi connectivity index (χ2v) is 6.65. The summed E-state index contributed by atoms with van der Waals surface area (Å²) in [6.45, 7) is 2.40. The van der Waals surface area contributed by atoms with Crippen LogP contribution in [0.5, 0.6) is 11.5 Å². The molecule has 3 rings (SSSR count). The number of amides is 3. The highest BCUT2D eigenvalue weighted by atomic mass is 32.2. The number of thioether (sulfide) groups is 1. The zero-order chi connectivity index (χ0) is 17.1. The van der Waals surface area contributed by atoms with Crippen molar-refractivity contribution in [1.82, 2.24) is 15.1 Å². The Morgan fingerprint density at radius 3 is 2.75 bits per heavy atom. The van der Waals surface area contributed by atoms with E-state index in [4.69, 9.17) is 9.47 Å². The summed E-state index contributed by atoms with van der Waals surface area (Å²) in [4.78, 5) is 27.5. The van der Waals surface area contributed by atoms with Gasteiger partial charge in [0.2, 0.25) is 5.91 Å². The summed E-state index contributed by atoms with van der Waals surface area (Å²) in [6, 6.07) is 5.56. The Morgan fingerprint density at radius 2 is 2.08 bits per heavy atom. The van der Waals surface area contributed by atoms with Crippen molar-refractivity contribution in [2.45, 2.75) is 5.37 Å². The molecular weight excluding hydrogens is 330 g/mol. The van der Waals surface area contributed by atoms with Gasteiger partial charge in [0, 0.05) is 37.8 Å². The Morgan fingerprint density at radius 1 is 1.25 bits per heavy atom. The molecule has 7 nitrogen and oxygen atoms in total. The van der Waals surface area contributed by atoms with Crippen LogP contribution in [0.1, 0.15) is 10.9 Å². The van der Waals surface area contributed by atoms with Crippen molar-refractivity contribution in [1.29, 1.82) is 0 Å². The molecule has 2 saturated heterocycles. The maximum Gasteiger partial charge on any atom is 0.317 e. The number of hydrogen-bond donors (Lipinski definition) is 1. The molecule has 1 atom stereocenters. The minimum Gasteiger partial charge on any atom is -0.497 e. The number of carbonyl (C=O) groups excluding carboxylic acids is 2. The fourth-order valence-corrected chi connectivity index (χ4v) is 4.17. The Hall–Kier alpha value is -2.09. The number of methoxy groups -OCH3 is 2. The molecule has 1 N–H and O–H groups in total. The van der Waals surface area contributed by atoms with Gasteiger partial charge in [0.15, 0.2) is 0 Å². The van der Waals surface area contributed by atoms with Crippen LogP contribution in [0.4, 0.5) is 4.79 Å². The Kier molecular flexibility index (Phi) is 5.03. The van der Waals surface area contributed by atoms with Crippen molar-refractivity contribution >= 4 is 23.7 Å². The third kappa shape index (κ3) is 3.24. The Balaban J connectivity index is 1.76. The van der Waals surface area contributed by atoms with Gasteiger partial charge >= 0.3 is 6.03 Å². The molecule has 2 aliphatic heterocycles. The van der Waals surface area contributed by atoms with Gasteiger partial charge in [-0.1, -0.05) is 0 Å². The van der Waals surface area contributed by atoms with E-state index in [0.29, 0.717) is 43.4 Å². The van der Waals surface area contributed by atoms with Gasteiger partial charge < -0.3 is 24.6 Å². The fourth-order valence-electron chi connectivity index (χ4n) is 2.93. The van der Waals surface area contributed by atoms with Crippen molar-refractivity contribution in [2.24, 2.45) is 0 Å². The van der Waals surface area contributed by atoms with E-state index >= 15 is 0 Å². The highest BCUT2D eigenvalue weighted by Crippen LogP contribution is 2.43. The van der Waals surface area contributed by atoms with Crippen LogP contribution in [0.25, 0.3) is 0 Å². The molecule has 3 amide bonds. The molecule has 24 heavy (non-hydrogen) atoms. The van der Waals surface area contributed by atoms with Crippen molar-refractivity contribution in [3.8, 4) is 11.5 Å². The molecule has 2 aliphatic rings. The average molecular weight is 351 g/mol. The number of nitrogens with one attached hydrogen (secondary N) is 1. The maximum atomic E-state index is 12.3. The number of ether oxygens (including phenoxy) is 2. The second kappa shape index (κ2) is 7.21. The topological polar surface area (TPSA) is 71.1 Å². The van der Waals surface area contributed by atoms with Gasteiger partial charge in [-0.2, -0.15) is 0 Å². The Bertz CT molecular complexity index is 640. The van der Waals surface area contributed by atoms with E-state index in [9.17, 15) is 9.59 Å². The molecular formula is C16H21N3O4S. The number of benzene rings is 1. The summed E-state index contributed by atoms with van der Waals surface area (Å²) in [5.74, 6) is 1.93. The van der Waals surface area contributed by atoms with E-state index in [-0.39, 0.29) is 17.3 Å². The number of hydrogen-bond acceptors (Lipinski definition) is 5. The molecule has 2 fully saturated rings. The smallest absolute Gasteiger partial charge is 0.317 e. The first-order chi connectivity index (χ1) is 11.6. The van der Waals surface area contributed by atoms with Crippen LogP contribution in [0, 0.1) is 0 Å². The molecule has 8 heteroatoms. The van der Waals surface area contributed by atoms with Crippen LogP contribution < -0.4 is 14.8 Å². The van der Waals surface area contributed by atoms with E-state index in [0.717, 1.165) is 5.56 Å². The summed E-state index contributed by atoms with van der Waals surface area (Å²) >= 11 is 1.57. The summed E-state index contributed by atoms with van der Waals surface area (Å²) in [7, 11) is 3.22. The van der Waals surface area contributed by atoms with E-state index in [2.05, 4.69) is 5.32 Å². The molecule has 0 bridgehead atoms. The van der Waals surface area contributed by atoms with Gasteiger partial charge in [0.25, 0.3) is 0 Å². The van der Waals surface area contributed by atoms with Gasteiger partial charge in [0.1, 0.15) is 16.9 Å². The van der Waals surface area contributed by atoms with Gasteiger partial charge in [-0.3, -0.25) is 4.79 Å². The van der Waals surface area contributed by atoms with Crippen molar-refractivity contribution in [3.63, 3.8) is 0 Å². The lowest BCUT2D eigenvalue weighted by molar-refractivity contribution is -0.128. The van der Waals surface area contributed by atoms with Crippen molar-refractivity contribution < 1.29 is 19.1 Å². The molecule has 0 radical (unpaired) electrons. The van der Waals surface area contributed by atoms with E-state index < -0.39 is 0 Å². The van der Waals surface area contributed by atoms with Gasteiger partial charge in [-0.05, 0) is 12.1 Å². The van der Waals surface area contributed by atoms with Crippen LogP contribution in [0.3, 0.4) is 0 Å². The lowest BCUT2D eigenvalue weighted by Gasteiger charge is -2.27. The summed E-state index contributed by atoms with van der Waals surface area (Å²) < 4.78 is 10.7. The number of rotatable bonds is 6. The first kappa shape index (κ1) is 16.8. The SMILES string of the molecule is COc1ccc(C2SCC(=O)N2CCN2CCNC2=O)c(OC)c1. The first-order valence-electron chi connectivity index (χ1n) is 7.80. The largest absolute Gasteiger partial charge is 0.497 e. The highest BCUT2D eigenvalue weighted by molar-refractivity contribution is 8.00. The zero-order valence-corrected chi connectivity index (χ0v) is 14.6. The fraction of sp³-hybridized carbons (Fsp3) is 0.500. The van der Waals surface area contributed by atoms with Gasteiger partial charge in [0.05, 0.1) is 20.0 Å². The van der Waals surface area contributed by atoms with Crippen LogP contribution in [0.2, 0.25) is 0 Å². The van der Waals surface area contributed by atoms with Crippen LogP contribution >= 0.6 is 11.8 Å². The van der Waals surface area contributed by atoms with Crippen molar-refractivity contribution in [3.05, 3.63) is 23.8 Å². The van der Waals surface area contributed by atoms with Crippen LogP contribution in [0.15, 0.2) is 18.2 Å². The number of nitrogens with zero attached hydrogens (tertiary/aromatic N) is 2. The predicted molar refractivity (Wildman–Crippen MR) is 91.4 cm³/mol. The van der Waals surface area contributed by atoms with Crippen molar-refractivity contribution in [2.75, 3.05) is 46.2 Å². The summed E-state index contributed by atoms with van der Waals surface area (Å²) in [5, 5.41) is 2.67. The van der Waals surface area contributed by atoms with E-state index in [1.807, 2.05) is 23.1 Å². The molecule has 1 unspecified atom stereocenters. The lowest BCUT2D eigenvalue weighted by Crippen LogP contribution is -2.38. The zero-order valence-electron chi connectivity index (χ0n) is 13.8. The summed E-state index contributed by atoms with van der Waals surface area (Å²) in [6.07, 6.45) is 0.